The van der Waals surface area contributed by atoms with E-state index in [9.17, 15) is 4.39 Å². The zero-order valence-electron chi connectivity index (χ0n) is 16.9. The van der Waals surface area contributed by atoms with Crippen molar-refractivity contribution in [2.24, 2.45) is 4.99 Å². The number of aliphatic imine (C=N–C) groups is 1. The predicted molar refractivity (Wildman–Crippen MR) is 108 cm³/mol. The van der Waals surface area contributed by atoms with Crippen molar-refractivity contribution in [3.8, 4) is 5.75 Å². The second-order valence-electron chi connectivity index (χ2n) is 6.34. The van der Waals surface area contributed by atoms with Gasteiger partial charge in [0.2, 0.25) is 0 Å². The van der Waals surface area contributed by atoms with Crippen molar-refractivity contribution < 1.29 is 18.3 Å². The lowest BCUT2D eigenvalue weighted by Gasteiger charge is -2.23. The summed E-state index contributed by atoms with van der Waals surface area (Å²) >= 11 is 0. The number of hydrogen-bond donors (Lipinski definition) is 1. The Morgan fingerprint density at radius 2 is 2.18 bits per heavy atom. The van der Waals surface area contributed by atoms with Crippen LogP contribution in [0.5, 0.6) is 5.75 Å². The maximum absolute atomic E-state index is 14.0. The molecule has 28 heavy (non-hydrogen) atoms. The van der Waals surface area contributed by atoms with Crippen LogP contribution in [0.2, 0.25) is 0 Å². The lowest BCUT2D eigenvalue weighted by molar-refractivity contribution is 0.146. The van der Waals surface area contributed by atoms with E-state index in [4.69, 9.17) is 13.9 Å². The second-order valence-corrected chi connectivity index (χ2v) is 6.34. The van der Waals surface area contributed by atoms with Crippen molar-refractivity contribution in [2.45, 2.75) is 26.3 Å². The minimum Gasteiger partial charge on any atom is -0.494 e. The molecule has 0 saturated carbocycles. The van der Waals surface area contributed by atoms with Crippen LogP contribution < -0.4 is 10.1 Å². The zero-order chi connectivity index (χ0) is 20.2. The van der Waals surface area contributed by atoms with Gasteiger partial charge in [-0.05, 0) is 43.2 Å². The summed E-state index contributed by atoms with van der Waals surface area (Å²) in [6.07, 6.45) is 3.28. The molecule has 0 bridgehead atoms. The molecule has 6 nitrogen and oxygen atoms in total. The average molecular weight is 391 g/mol. The highest BCUT2D eigenvalue weighted by molar-refractivity contribution is 5.79. The zero-order valence-corrected chi connectivity index (χ0v) is 16.9. The van der Waals surface area contributed by atoms with Gasteiger partial charge in [0, 0.05) is 46.3 Å². The number of nitrogens with zero attached hydrogens (tertiary/aromatic N) is 2. The smallest absolute Gasteiger partial charge is 0.193 e. The summed E-state index contributed by atoms with van der Waals surface area (Å²) in [7, 11) is 3.39. The van der Waals surface area contributed by atoms with Gasteiger partial charge in [-0.25, -0.2) is 4.39 Å². The molecule has 1 heterocycles. The first-order chi connectivity index (χ1) is 13.6. The fraction of sp³-hybridized carbons (Fsp3) is 0.476. The Kier molecular flexibility index (Phi) is 9.34. The quantitative estimate of drug-likeness (QED) is 0.361. The molecule has 0 spiro atoms. The Labute approximate surface area is 166 Å². The molecule has 0 unspecified atom stereocenters. The molecule has 0 aliphatic rings. The van der Waals surface area contributed by atoms with Gasteiger partial charge in [-0.15, -0.1) is 0 Å². The highest BCUT2D eigenvalue weighted by Crippen LogP contribution is 2.18. The van der Waals surface area contributed by atoms with Crippen LogP contribution in [0, 0.1) is 5.82 Å². The van der Waals surface area contributed by atoms with Gasteiger partial charge in [-0.3, -0.25) is 4.99 Å². The summed E-state index contributed by atoms with van der Waals surface area (Å²) in [6, 6.07) is 8.81. The molecule has 0 aliphatic carbocycles. The normalized spacial score (nSPS) is 11.5. The first-order valence-corrected chi connectivity index (χ1v) is 9.56. The highest BCUT2D eigenvalue weighted by Gasteiger charge is 2.10. The molecule has 2 aromatic rings. The third-order valence-electron chi connectivity index (χ3n) is 4.14. The van der Waals surface area contributed by atoms with Crippen molar-refractivity contribution >= 4 is 5.96 Å². The van der Waals surface area contributed by atoms with Crippen molar-refractivity contribution in [1.29, 1.82) is 0 Å². The standard InChI is InChI=1S/C21H30FN3O3/c1-4-27-13-6-11-23-21(24-12-10-18-7-5-14-28-18)25(2)16-17-8-9-20(26-3)19(22)15-17/h5,7-9,14-15H,4,6,10-13,16H2,1-3H3,(H,23,24). The van der Waals surface area contributed by atoms with Crippen LogP contribution in [0.3, 0.4) is 0 Å². The third kappa shape index (κ3) is 7.23. The minimum absolute atomic E-state index is 0.243. The minimum atomic E-state index is -0.366. The van der Waals surface area contributed by atoms with Gasteiger partial charge in [0.05, 0.1) is 13.4 Å². The summed E-state index contributed by atoms with van der Waals surface area (Å²) in [5, 5.41) is 3.36. The number of benzene rings is 1. The molecule has 0 amide bonds. The fourth-order valence-corrected chi connectivity index (χ4v) is 2.72. The molecule has 0 atom stereocenters. The number of methoxy groups -OCH3 is 1. The van der Waals surface area contributed by atoms with Gasteiger partial charge >= 0.3 is 0 Å². The lowest BCUT2D eigenvalue weighted by atomic mass is 10.2. The van der Waals surface area contributed by atoms with E-state index < -0.39 is 0 Å². The monoisotopic (exact) mass is 391 g/mol. The molecule has 1 aromatic carbocycles. The largest absolute Gasteiger partial charge is 0.494 e. The third-order valence-corrected chi connectivity index (χ3v) is 4.14. The van der Waals surface area contributed by atoms with Crippen molar-refractivity contribution in [1.82, 2.24) is 10.2 Å². The van der Waals surface area contributed by atoms with E-state index in [0.717, 1.165) is 30.1 Å². The Hall–Kier alpha value is -2.54. The van der Waals surface area contributed by atoms with Gasteiger partial charge in [0.25, 0.3) is 0 Å². The number of hydrogen-bond acceptors (Lipinski definition) is 4. The SMILES string of the molecule is CCOCCCN=C(NCCc1ccco1)N(C)Cc1ccc(OC)c(F)c1. The van der Waals surface area contributed by atoms with E-state index in [-0.39, 0.29) is 11.6 Å². The fourth-order valence-electron chi connectivity index (χ4n) is 2.72. The topological polar surface area (TPSA) is 59.2 Å². The first-order valence-electron chi connectivity index (χ1n) is 9.56. The molecule has 0 saturated heterocycles. The number of halogens is 1. The van der Waals surface area contributed by atoms with Crippen LogP contribution in [-0.4, -0.2) is 51.3 Å². The molecular weight excluding hydrogens is 361 g/mol. The molecule has 0 fully saturated rings. The summed E-state index contributed by atoms with van der Waals surface area (Å²) in [6.45, 7) is 5.25. The molecule has 0 radical (unpaired) electrons. The van der Waals surface area contributed by atoms with Crippen LogP contribution in [-0.2, 0) is 17.7 Å². The molecule has 1 aromatic heterocycles. The first kappa shape index (κ1) is 21.8. The lowest BCUT2D eigenvalue weighted by Crippen LogP contribution is -2.39. The molecule has 0 aliphatic heterocycles. The molecule has 154 valence electrons. The second kappa shape index (κ2) is 12.0. The van der Waals surface area contributed by atoms with E-state index in [1.165, 1.54) is 13.2 Å². The summed E-state index contributed by atoms with van der Waals surface area (Å²) < 4.78 is 29.7. The number of guanidine groups is 1. The van der Waals surface area contributed by atoms with E-state index in [1.54, 1.807) is 12.3 Å². The van der Waals surface area contributed by atoms with Gasteiger partial charge in [0.15, 0.2) is 17.5 Å². The van der Waals surface area contributed by atoms with E-state index in [1.807, 2.05) is 37.1 Å². The van der Waals surface area contributed by atoms with Crippen LogP contribution in [0.15, 0.2) is 46.0 Å². The van der Waals surface area contributed by atoms with Gasteiger partial charge < -0.3 is 24.1 Å². The highest BCUT2D eigenvalue weighted by atomic mass is 19.1. The summed E-state index contributed by atoms with van der Waals surface area (Å²) in [5.74, 6) is 1.56. The van der Waals surface area contributed by atoms with Gasteiger partial charge in [0.1, 0.15) is 5.76 Å². The maximum atomic E-state index is 14.0. The van der Waals surface area contributed by atoms with Crippen LogP contribution in [0.4, 0.5) is 4.39 Å². The van der Waals surface area contributed by atoms with Crippen molar-refractivity contribution in [3.63, 3.8) is 0 Å². The summed E-state index contributed by atoms with van der Waals surface area (Å²) in [5.41, 5.74) is 0.843. The maximum Gasteiger partial charge on any atom is 0.193 e. The van der Waals surface area contributed by atoms with Gasteiger partial charge in [-0.2, -0.15) is 0 Å². The Balaban J connectivity index is 1.96. The van der Waals surface area contributed by atoms with Crippen molar-refractivity contribution in [3.05, 3.63) is 53.7 Å². The Bertz CT molecular complexity index is 720. The number of nitrogens with one attached hydrogen (secondary N) is 1. The molecule has 7 heteroatoms. The molecule has 2 rings (SSSR count). The molecule has 1 N–H and O–H groups in total. The van der Waals surface area contributed by atoms with Crippen LogP contribution in [0.25, 0.3) is 0 Å². The number of rotatable bonds is 11. The Morgan fingerprint density at radius 3 is 2.86 bits per heavy atom. The van der Waals surface area contributed by atoms with Crippen molar-refractivity contribution in [2.75, 3.05) is 40.5 Å². The van der Waals surface area contributed by atoms with Crippen LogP contribution >= 0.6 is 0 Å². The van der Waals surface area contributed by atoms with E-state index in [2.05, 4.69) is 10.3 Å². The van der Waals surface area contributed by atoms with E-state index in [0.29, 0.717) is 32.8 Å². The number of furan rings is 1. The predicted octanol–water partition coefficient (Wildman–Crippen LogP) is 3.47. The Morgan fingerprint density at radius 1 is 1.32 bits per heavy atom. The summed E-state index contributed by atoms with van der Waals surface area (Å²) in [4.78, 5) is 6.65. The molecular formula is C21H30FN3O3. The van der Waals surface area contributed by atoms with E-state index >= 15 is 0 Å². The van der Waals surface area contributed by atoms with Crippen LogP contribution in [0.1, 0.15) is 24.7 Å². The number of ether oxygens (including phenoxy) is 2. The average Bonchev–Trinajstić information content (AvgIpc) is 3.20. The van der Waals surface area contributed by atoms with Gasteiger partial charge in [-0.1, -0.05) is 6.07 Å².